The Morgan fingerprint density at radius 1 is 0.847 bits per heavy atom. The van der Waals surface area contributed by atoms with Gasteiger partial charge < -0.3 is 29.7 Å². The first-order chi connectivity index (χ1) is 27.8. The van der Waals surface area contributed by atoms with Crippen LogP contribution in [0.4, 0.5) is 0 Å². The third kappa shape index (κ3) is 9.49. The van der Waals surface area contributed by atoms with E-state index in [0.717, 1.165) is 81.6 Å². The van der Waals surface area contributed by atoms with E-state index in [1.165, 1.54) is 44.8 Å². The molecule has 0 radical (unpaired) electrons. The summed E-state index contributed by atoms with van der Waals surface area (Å²) in [7, 11) is 1.30. The van der Waals surface area contributed by atoms with Gasteiger partial charge in [-0.15, -0.1) is 33.5 Å². The van der Waals surface area contributed by atoms with E-state index in [2.05, 4.69) is 61.5 Å². The van der Waals surface area contributed by atoms with Crippen molar-refractivity contribution in [1.82, 2.24) is 15.0 Å². The fourth-order valence-corrected chi connectivity index (χ4v) is 9.21. The van der Waals surface area contributed by atoms with E-state index in [-0.39, 0.29) is 59.7 Å². The Bertz CT molecular complexity index is 2280. The zero-order valence-corrected chi connectivity index (χ0v) is 38.6. The number of nitrogens with zero attached hydrogens (tertiary/aromatic N) is 4. The number of ether oxygens (including phenoxy) is 2. The van der Waals surface area contributed by atoms with Gasteiger partial charge in [0.25, 0.3) is 0 Å². The summed E-state index contributed by atoms with van der Waals surface area (Å²) in [5.74, 6) is -2.20. The van der Waals surface area contributed by atoms with Gasteiger partial charge in [-0.2, -0.15) is 11.4 Å². The molecule has 0 spiro atoms. The Balaban J connectivity index is 0.00000661. The summed E-state index contributed by atoms with van der Waals surface area (Å²) in [6, 6.07) is 0. The zero-order chi connectivity index (χ0) is 41.8. The van der Waals surface area contributed by atoms with Crippen LogP contribution in [0, 0.1) is 44.4 Å². The minimum atomic E-state index is -1.20. The van der Waals surface area contributed by atoms with E-state index in [1.54, 1.807) is 0 Å². The van der Waals surface area contributed by atoms with E-state index >= 15 is 0 Å². The maximum atomic E-state index is 14.3. The second-order valence-corrected chi connectivity index (χ2v) is 16.8. The molecule has 9 nitrogen and oxygen atoms in total. The third-order valence-corrected chi connectivity index (χ3v) is 12.9. The van der Waals surface area contributed by atoms with Gasteiger partial charge in [-0.1, -0.05) is 124 Å². The summed E-state index contributed by atoms with van der Waals surface area (Å²) in [6.45, 7) is 19.3. The fourth-order valence-electron chi connectivity index (χ4n) is 9.21. The van der Waals surface area contributed by atoms with Gasteiger partial charge in [-0.05, 0) is 83.6 Å². The monoisotopic (exact) mass is 810 g/mol. The number of unbranched alkanes of at least 4 members (excludes halogenated alkanes) is 2. The average Bonchev–Trinajstić information content (AvgIpc) is 3.94. The molecule has 3 aromatic rings. The van der Waals surface area contributed by atoms with Gasteiger partial charge in [0.15, 0.2) is 5.78 Å². The molecule has 6 rings (SSSR count). The van der Waals surface area contributed by atoms with E-state index in [9.17, 15) is 14.4 Å². The van der Waals surface area contributed by atoms with Crippen LogP contribution < -0.4 is 25.7 Å². The zero-order valence-electron chi connectivity index (χ0n) is 37.1. The summed E-state index contributed by atoms with van der Waals surface area (Å²) in [5.41, 5.74) is 11.4. The molecule has 59 heavy (non-hydrogen) atoms. The first-order valence-electron chi connectivity index (χ1n) is 21.6. The topological polar surface area (TPSA) is 126 Å². The van der Waals surface area contributed by atoms with Crippen LogP contribution >= 0.6 is 0 Å². The fraction of sp³-hybridized carbons (Fsp3) is 0.531. The Kier molecular flexibility index (Phi) is 15.6. The van der Waals surface area contributed by atoms with Crippen LogP contribution in [0.5, 0.6) is 0 Å². The molecule has 3 aromatic heterocycles. The Labute approximate surface area is 367 Å². The van der Waals surface area contributed by atoms with Crippen LogP contribution in [0.25, 0.3) is 29.1 Å². The number of fused-ring (bicyclic) bond motifs is 7. The molecule has 8 bridgehead atoms. The minimum absolute atomic E-state index is 0. The van der Waals surface area contributed by atoms with Crippen molar-refractivity contribution < 1.29 is 23.9 Å². The maximum Gasteiger partial charge on any atom is 2.00 e. The van der Waals surface area contributed by atoms with E-state index in [1.807, 2.05) is 25.2 Å². The largest absolute Gasteiger partial charge is 2.00 e. The van der Waals surface area contributed by atoms with Crippen molar-refractivity contribution in [1.29, 1.82) is 0 Å². The normalized spacial score (nSPS) is 22.1. The molecule has 10 heteroatoms. The number of methoxy groups -OCH3 is 1. The number of hydrogen-bond acceptors (Lipinski definition) is 5. The third-order valence-electron chi connectivity index (χ3n) is 12.9. The van der Waals surface area contributed by atoms with Gasteiger partial charge in [0.05, 0.1) is 7.11 Å². The SMILES string of the molecule is CCCCC[C@@H](C)CCC/C(C)=C/COC(=O)CC[C@@H]1/C2=C3/c4[n-]c(c(C)c4C(=O)[C@@H]3C(=O)OC)/C=c3\[n-]/c(c(C)c3CC)=C\c3[n-]c(c(C)c3CC)/C=C(\[N-]2)[C@H]1C.[Mg+2]. The van der Waals surface area contributed by atoms with E-state index < -0.39 is 11.9 Å². The van der Waals surface area contributed by atoms with Crippen molar-refractivity contribution >= 4 is 64.6 Å². The predicted molar refractivity (Wildman–Crippen MR) is 236 cm³/mol. The molecule has 4 atom stereocenters. The molecule has 0 aromatic carbocycles. The Morgan fingerprint density at radius 3 is 2.24 bits per heavy atom. The summed E-state index contributed by atoms with van der Waals surface area (Å²) >= 11 is 0. The summed E-state index contributed by atoms with van der Waals surface area (Å²) in [6.07, 6.45) is 18.7. The smallest absolute Gasteiger partial charge is 0.664 e. The van der Waals surface area contributed by atoms with Crippen LogP contribution in [-0.2, 0) is 31.9 Å². The number of esters is 2. The molecule has 0 unspecified atom stereocenters. The molecule has 1 saturated heterocycles. The number of rotatable bonds is 16. The van der Waals surface area contributed by atoms with E-state index in [0.29, 0.717) is 40.2 Å². The number of carbonyl (C=O) groups is 3. The standard InChI is InChI=1S/C49H63N4O5.Mg/c1-11-14-15-17-27(4)18-16-19-28(5)22-23-58-42(54)21-20-35-31(8)38-24-36-29(6)33(12-2)40(50-36)25-37-30(7)34(13-3)41(51-37)26-39-32(9)43-47(53-39)44(46(35)52-38)45(48(43)55)49(56)57-10;/h22,24-27,31,35,45H,11-21,23H2,1-10H3,(H-,52,53,55);/q-3;+2/p-1/b28-22+,37-25-,38-24-,41-26-;/t27-,31+,35+,45-;/m1./s1. The molecule has 0 amide bonds. The Hall–Kier alpha value is -4.02. The quantitative estimate of drug-likeness (QED) is 0.0466. The molecule has 0 N–H and O–H groups in total. The molecule has 312 valence electrons. The first kappa shape index (κ1) is 46.0. The molecular weight excluding hydrogens is 749 g/mol. The van der Waals surface area contributed by atoms with Crippen LogP contribution in [-0.4, -0.2) is 54.5 Å². The number of Topliss-reactive ketones (excluding diaryl/α,β-unsaturated/α-hetero) is 1. The molecular formula is C49H62MgN4O5-2. The van der Waals surface area contributed by atoms with Crippen molar-refractivity contribution in [2.24, 2.45) is 23.7 Å². The summed E-state index contributed by atoms with van der Waals surface area (Å²) in [5, 5.41) is 6.91. The van der Waals surface area contributed by atoms with Crippen molar-refractivity contribution in [2.75, 3.05) is 13.7 Å². The number of ketones is 1. The van der Waals surface area contributed by atoms with Crippen molar-refractivity contribution in [3.05, 3.63) is 95.2 Å². The Morgan fingerprint density at radius 2 is 1.54 bits per heavy atom. The predicted octanol–water partition coefficient (Wildman–Crippen LogP) is 8.23. The average molecular weight is 811 g/mol. The van der Waals surface area contributed by atoms with Crippen LogP contribution in [0.3, 0.4) is 0 Å². The number of aromatic nitrogens is 3. The molecule has 1 aliphatic carbocycles. The van der Waals surface area contributed by atoms with Crippen molar-refractivity contribution in [3.8, 4) is 0 Å². The maximum absolute atomic E-state index is 14.3. The number of allylic oxidation sites excluding steroid dienone is 3. The molecule has 1 fully saturated rings. The van der Waals surface area contributed by atoms with Crippen molar-refractivity contribution in [3.63, 3.8) is 0 Å². The minimum Gasteiger partial charge on any atom is -0.664 e. The number of hydrogen-bond donors (Lipinski definition) is 0. The van der Waals surface area contributed by atoms with Crippen molar-refractivity contribution in [2.45, 2.75) is 133 Å². The van der Waals surface area contributed by atoms with Gasteiger partial charge >= 0.3 is 35.0 Å². The first-order valence-corrected chi connectivity index (χ1v) is 21.6. The van der Waals surface area contributed by atoms with Gasteiger partial charge in [0.2, 0.25) is 0 Å². The second kappa shape index (κ2) is 20.0. The summed E-state index contributed by atoms with van der Waals surface area (Å²) < 4.78 is 11.0. The number of carbonyl (C=O) groups excluding carboxylic acids is 3. The van der Waals surface area contributed by atoms with Crippen LogP contribution in [0.2, 0.25) is 0 Å². The van der Waals surface area contributed by atoms with Crippen LogP contribution in [0.15, 0.2) is 23.0 Å². The van der Waals surface area contributed by atoms with Gasteiger partial charge in [-0.3, -0.25) is 14.4 Å². The van der Waals surface area contributed by atoms with Gasteiger partial charge in [0.1, 0.15) is 12.5 Å². The van der Waals surface area contributed by atoms with Crippen LogP contribution in [0.1, 0.15) is 160 Å². The molecule has 0 saturated carbocycles. The molecule has 2 aliphatic heterocycles. The molecule has 5 heterocycles. The summed E-state index contributed by atoms with van der Waals surface area (Å²) in [4.78, 5) is 56.5. The van der Waals surface area contributed by atoms with Gasteiger partial charge in [0, 0.05) is 12.0 Å². The van der Waals surface area contributed by atoms with E-state index in [4.69, 9.17) is 29.7 Å². The van der Waals surface area contributed by atoms with Gasteiger partial charge in [-0.25, -0.2) is 0 Å². The second-order valence-electron chi connectivity index (χ2n) is 16.8. The molecule has 3 aliphatic rings.